The average Bonchev–Trinajstić information content (AvgIpc) is 2.52. The van der Waals surface area contributed by atoms with Crippen molar-refractivity contribution in [2.75, 3.05) is 5.73 Å². The highest BCUT2D eigenvalue weighted by atomic mass is 127. The Morgan fingerprint density at radius 3 is 2.85 bits per heavy atom. The van der Waals surface area contributed by atoms with Gasteiger partial charge in [-0.1, -0.05) is 12.1 Å². The molecule has 0 aliphatic carbocycles. The SMILES string of the molecule is Nc1n[nH]c(-c2cccc(I)c2)n1. The van der Waals surface area contributed by atoms with Gasteiger partial charge in [0.1, 0.15) is 0 Å². The van der Waals surface area contributed by atoms with Gasteiger partial charge >= 0.3 is 0 Å². The molecule has 0 saturated heterocycles. The third-order valence-corrected chi connectivity index (χ3v) is 2.27. The van der Waals surface area contributed by atoms with Crippen molar-refractivity contribution in [3.05, 3.63) is 27.8 Å². The van der Waals surface area contributed by atoms with Gasteiger partial charge in [-0.05, 0) is 34.7 Å². The summed E-state index contributed by atoms with van der Waals surface area (Å²) in [6.07, 6.45) is 0. The highest BCUT2D eigenvalue weighted by molar-refractivity contribution is 14.1. The van der Waals surface area contributed by atoms with E-state index in [1.807, 2.05) is 24.3 Å². The van der Waals surface area contributed by atoms with E-state index in [1.54, 1.807) is 0 Å². The summed E-state index contributed by atoms with van der Waals surface area (Å²) in [5, 5.41) is 6.52. The molecule has 0 amide bonds. The molecule has 2 rings (SSSR count). The van der Waals surface area contributed by atoms with E-state index in [1.165, 1.54) is 0 Å². The van der Waals surface area contributed by atoms with E-state index in [0.29, 0.717) is 5.82 Å². The Labute approximate surface area is 88.7 Å². The number of H-pyrrole nitrogens is 1. The Morgan fingerprint density at radius 1 is 1.38 bits per heavy atom. The van der Waals surface area contributed by atoms with Crippen LogP contribution in [0.15, 0.2) is 24.3 Å². The van der Waals surface area contributed by atoms with E-state index in [4.69, 9.17) is 5.73 Å². The highest BCUT2D eigenvalue weighted by Crippen LogP contribution is 2.17. The zero-order chi connectivity index (χ0) is 9.26. The van der Waals surface area contributed by atoms with E-state index in [2.05, 4.69) is 37.8 Å². The van der Waals surface area contributed by atoms with Crippen molar-refractivity contribution >= 4 is 28.5 Å². The van der Waals surface area contributed by atoms with Crippen molar-refractivity contribution in [2.24, 2.45) is 0 Å². The molecule has 1 aromatic carbocycles. The molecule has 4 nitrogen and oxygen atoms in total. The van der Waals surface area contributed by atoms with Gasteiger partial charge in [-0.3, -0.25) is 5.10 Å². The lowest BCUT2D eigenvalue weighted by molar-refractivity contribution is 1.10. The fourth-order valence-corrected chi connectivity index (χ4v) is 1.58. The van der Waals surface area contributed by atoms with Crippen LogP contribution in [0.1, 0.15) is 0 Å². The van der Waals surface area contributed by atoms with E-state index < -0.39 is 0 Å². The minimum absolute atomic E-state index is 0.272. The smallest absolute Gasteiger partial charge is 0.239 e. The van der Waals surface area contributed by atoms with Gasteiger partial charge in [0.15, 0.2) is 5.82 Å². The number of halogens is 1. The first-order chi connectivity index (χ1) is 6.25. The van der Waals surface area contributed by atoms with Crippen LogP contribution >= 0.6 is 22.6 Å². The predicted molar refractivity (Wildman–Crippen MR) is 58.9 cm³/mol. The van der Waals surface area contributed by atoms with Crippen molar-refractivity contribution in [1.82, 2.24) is 15.2 Å². The number of nitrogens with zero attached hydrogens (tertiary/aromatic N) is 2. The largest absolute Gasteiger partial charge is 0.366 e. The first-order valence-electron chi connectivity index (χ1n) is 3.69. The summed E-state index contributed by atoms with van der Waals surface area (Å²) >= 11 is 2.25. The molecule has 0 aliphatic heterocycles. The van der Waals surface area contributed by atoms with Crippen LogP contribution in [-0.2, 0) is 0 Å². The van der Waals surface area contributed by atoms with E-state index in [0.717, 1.165) is 9.13 Å². The number of benzene rings is 1. The molecule has 1 aromatic heterocycles. The number of nitrogens with one attached hydrogen (secondary N) is 1. The monoisotopic (exact) mass is 286 g/mol. The first kappa shape index (κ1) is 8.49. The average molecular weight is 286 g/mol. The number of nitrogens with two attached hydrogens (primary N) is 1. The maximum atomic E-state index is 5.40. The van der Waals surface area contributed by atoms with Crippen molar-refractivity contribution in [3.8, 4) is 11.4 Å². The molecular formula is C8H7IN4. The molecule has 1 heterocycles. The summed E-state index contributed by atoms with van der Waals surface area (Å²) in [5.74, 6) is 0.977. The van der Waals surface area contributed by atoms with Crippen LogP contribution in [0, 0.1) is 3.57 Å². The Hall–Kier alpha value is -1.11. The molecule has 0 atom stereocenters. The van der Waals surface area contributed by atoms with Crippen LogP contribution in [0.4, 0.5) is 5.95 Å². The van der Waals surface area contributed by atoms with Crippen molar-refractivity contribution < 1.29 is 0 Å². The molecule has 0 bridgehead atoms. The number of hydrogen-bond donors (Lipinski definition) is 2. The van der Waals surface area contributed by atoms with Crippen molar-refractivity contribution in [3.63, 3.8) is 0 Å². The zero-order valence-corrected chi connectivity index (χ0v) is 8.82. The van der Waals surface area contributed by atoms with Crippen LogP contribution in [0.5, 0.6) is 0 Å². The van der Waals surface area contributed by atoms with E-state index in [-0.39, 0.29) is 5.95 Å². The lowest BCUT2D eigenvalue weighted by Crippen LogP contribution is -1.85. The second-order valence-electron chi connectivity index (χ2n) is 2.55. The van der Waals surface area contributed by atoms with Crippen molar-refractivity contribution in [1.29, 1.82) is 0 Å². The number of hydrogen-bond acceptors (Lipinski definition) is 3. The third kappa shape index (κ3) is 1.80. The minimum atomic E-state index is 0.272. The summed E-state index contributed by atoms with van der Waals surface area (Å²) in [6.45, 7) is 0. The number of aromatic nitrogens is 3. The first-order valence-corrected chi connectivity index (χ1v) is 4.77. The normalized spacial score (nSPS) is 10.2. The Morgan fingerprint density at radius 2 is 2.23 bits per heavy atom. The molecule has 0 radical (unpaired) electrons. The standard InChI is InChI=1S/C8H7IN4/c9-6-3-1-2-5(4-6)7-11-8(10)13-12-7/h1-4H,(H3,10,11,12,13). The van der Waals surface area contributed by atoms with Gasteiger partial charge in [-0.25, -0.2) is 0 Å². The van der Waals surface area contributed by atoms with Gasteiger partial charge in [-0.15, -0.1) is 5.10 Å². The molecule has 66 valence electrons. The van der Waals surface area contributed by atoms with Crippen molar-refractivity contribution in [2.45, 2.75) is 0 Å². The zero-order valence-electron chi connectivity index (χ0n) is 6.66. The van der Waals surface area contributed by atoms with Gasteiger partial charge in [0.05, 0.1) is 0 Å². The van der Waals surface area contributed by atoms with Gasteiger partial charge in [-0.2, -0.15) is 4.98 Å². The highest BCUT2D eigenvalue weighted by Gasteiger charge is 2.02. The Kier molecular flexibility index (Phi) is 2.17. The lowest BCUT2D eigenvalue weighted by atomic mass is 10.2. The maximum Gasteiger partial charge on any atom is 0.239 e. The molecule has 3 N–H and O–H groups in total. The number of rotatable bonds is 1. The van der Waals surface area contributed by atoms with Gasteiger partial charge < -0.3 is 5.73 Å². The molecule has 5 heteroatoms. The molecule has 0 saturated carbocycles. The molecule has 0 unspecified atom stereocenters. The van der Waals surface area contributed by atoms with Crippen LogP contribution in [-0.4, -0.2) is 15.2 Å². The van der Waals surface area contributed by atoms with E-state index in [9.17, 15) is 0 Å². The van der Waals surface area contributed by atoms with E-state index >= 15 is 0 Å². The summed E-state index contributed by atoms with van der Waals surface area (Å²) in [7, 11) is 0. The maximum absolute atomic E-state index is 5.40. The fraction of sp³-hybridized carbons (Fsp3) is 0. The molecule has 0 fully saturated rings. The van der Waals surface area contributed by atoms with Crippen LogP contribution in [0.3, 0.4) is 0 Å². The van der Waals surface area contributed by atoms with Gasteiger partial charge in [0.25, 0.3) is 0 Å². The minimum Gasteiger partial charge on any atom is -0.366 e. The summed E-state index contributed by atoms with van der Waals surface area (Å²) < 4.78 is 1.16. The second kappa shape index (κ2) is 3.33. The summed E-state index contributed by atoms with van der Waals surface area (Å²) in [4.78, 5) is 4.03. The summed E-state index contributed by atoms with van der Waals surface area (Å²) in [6, 6.07) is 7.96. The van der Waals surface area contributed by atoms with Gasteiger partial charge in [0.2, 0.25) is 5.95 Å². The fourth-order valence-electron chi connectivity index (χ4n) is 1.04. The number of nitrogen functional groups attached to an aromatic ring is 1. The number of anilines is 1. The molecular weight excluding hydrogens is 279 g/mol. The molecule has 13 heavy (non-hydrogen) atoms. The summed E-state index contributed by atoms with van der Waals surface area (Å²) in [5.41, 5.74) is 6.40. The molecule has 0 aliphatic rings. The Balaban J connectivity index is 2.46. The van der Waals surface area contributed by atoms with Crippen LogP contribution in [0.25, 0.3) is 11.4 Å². The van der Waals surface area contributed by atoms with Crippen LogP contribution in [0.2, 0.25) is 0 Å². The molecule has 2 aromatic rings. The third-order valence-electron chi connectivity index (χ3n) is 1.60. The lowest BCUT2D eigenvalue weighted by Gasteiger charge is -1.95. The topological polar surface area (TPSA) is 67.6 Å². The predicted octanol–water partition coefficient (Wildman–Crippen LogP) is 1.66. The van der Waals surface area contributed by atoms with Crippen LogP contribution < -0.4 is 5.73 Å². The quantitative estimate of drug-likeness (QED) is 0.783. The van der Waals surface area contributed by atoms with Gasteiger partial charge in [0, 0.05) is 9.13 Å². The molecule has 0 spiro atoms. The number of aromatic amines is 1. The second-order valence-corrected chi connectivity index (χ2v) is 3.80. The Bertz CT molecular complexity index is 424.